The number of nitrogens with two attached hydrogens (primary N) is 2. The Labute approximate surface area is 55.5 Å². The van der Waals surface area contributed by atoms with E-state index in [0.29, 0.717) is 6.67 Å². The number of aliphatic imine (C=N–C) groups is 1. The van der Waals surface area contributed by atoms with E-state index in [9.17, 15) is 0 Å². The largest absolute Gasteiger partial charge is 0.353 e. The van der Waals surface area contributed by atoms with Gasteiger partial charge in [0.2, 0.25) is 0 Å². The summed E-state index contributed by atoms with van der Waals surface area (Å²) in [5, 5.41) is 0. The van der Waals surface area contributed by atoms with Crippen molar-refractivity contribution in [1.29, 1.82) is 0 Å². The molecular formula is C5H14N4. The van der Waals surface area contributed by atoms with Gasteiger partial charge in [-0.15, -0.1) is 0 Å². The molecule has 9 heavy (non-hydrogen) atoms. The zero-order chi connectivity index (χ0) is 7.28. The molecule has 0 aromatic carbocycles. The molecule has 1 unspecified atom stereocenters. The van der Waals surface area contributed by atoms with Crippen molar-refractivity contribution < 1.29 is 0 Å². The second kappa shape index (κ2) is 4.29. The van der Waals surface area contributed by atoms with Gasteiger partial charge in [0.1, 0.15) is 0 Å². The highest BCUT2D eigenvalue weighted by atomic mass is 15.2. The highest BCUT2D eigenvalue weighted by Gasteiger charge is 1.85. The molecule has 0 aliphatic rings. The molecule has 54 valence electrons. The van der Waals surface area contributed by atoms with Crippen LogP contribution in [0.3, 0.4) is 0 Å². The van der Waals surface area contributed by atoms with Crippen molar-refractivity contribution in [3.8, 4) is 0 Å². The van der Waals surface area contributed by atoms with E-state index >= 15 is 0 Å². The minimum absolute atomic E-state index is 0.140. The highest BCUT2D eigenvalue weighted by molar-refractivity contribution is 5.54. The fraction of sp³-hybridized carbons (Fsp3) is 0.800. The fourth-order valence-corrected chi connectivity index (χ4v) is 0.266. The normalized spacial score (nSPS) is 14.2. The van der Waals surface area contributed by atoms with E-state index in [2.05, 4.69) is 4.99 Å². The number of rotatable bonds is 3. The minimum atomic E-state index is -0.140. The van der Waals surface area contributed by atoms with Gasteiger partial charge in [0.25, 0.3) is 0 Å². The molecule has 0 aromatic rings. The lowest BCUT2D eigenvalue weighted by Gasteiger charge is -2.08. The Balaban J connectivity index is 3.43. The van der Waals surface area contributed by atoms with Crippen LogP contribution < -0.4 is 11.5 Å². The Morgan fingerprint density at radius 2 is 2.33 bits per heavy atom. The summed E-state index contributed by atoms with van der Waals surface area (Å²) in [6, 6.07) is 0. The van der Waals surface area contributed by atoms with Crippen LogP contribution >= 0.6 is 0 Å². The van der Waals surface area contributed by atoms with Gasteiger partial charge in [0.15, 0.2) is 0 Å². The second-order valence-electron chi connectivity index (χ2n) is 1.94. The predicted octanol–water partition coefficient (Wildman–Crippen LogP) is -0.833. The Hall–Kier alpha value is -0.610. The summed E-state index contributed by atoms with van der Waals surface area (Å²) < 4.78 is 0. The van der Waals surface area contributed by atoms with Crippen molar-refractivity contribution in [3.63, 3.8) is 0 Å². The van der Waals surface area contributed by atoms with E-state index in [1.54, 1.807) is 18.2 Å². The molecule has 0 amide bonds. The summed E-state index contributed by atoms with van der Waals surface area (Å²) in [6.45, 7) is 2.27. The maximum absolute atomic E-state index is 5.33. The van der Waals surface area contributed by atoms with Gasteiger partial charge >= 0.3 is 0 Å². The highest BCUT2D eigenvalue weighted by Crippen LogP contribution is 1.75. The van der Waals surface area contributed by atoms with Gasteiger partial charge in [-0.2, -0.15) is 0 Å². The van der Waals surface area contributed by atoms with Crippen LogP contribution in [-0.2, 0) is 0 Å². The van der Waals surface area contributed by atoms with E-state index in [-0.39, 0.29) is 6.17 Å². The van der Waals surface area contributed by atoms with E-state index < -0.39 is 0 Å². The summed E-state index contributed by atoms with van der Waals surface area (Å²) in [5.41, 5.74) is 10.6. The maximum Gasteiger partial charge on any atom is 0.0958 e. The number of nitrogens with zero attached hydrogens (tertiary/aromatic N) is 2. The first kappa shape index (κ1) is 8.39. The van der Waals surface area contributed by atoms with Crippen molar-refractivity contribution >= 4 is 6.34 Å². The molecule has 0 aromatic heterocycles. The minimum Gasteiger partial charge on any atom is -0.353 e. The first-order valence-corrected chi connectivity index (χ1v) is 2.86. The van der Waals surface area contributed by atoms with Crippen LogP contribution in [0.5, 0.6) is 0 Å². The third kappa shape index (κ3) is 5.26. The number of hydrogen-bond acceptors (Lipinski definition) is 3. The molecule has 0 saturated heterocycles. The van der Waals surface area contributed by atoms with E-state index in [1.807, 2.05) is 7.05 Å². The van der Waals surface area contributed by atoms with Crippen molar-refractivity contribution in [2.24, 2.45) is 16.5 Å². The van der Waals surface area contributed by atoms with Crippen molar-refractivity contribution in [2.75, 3.05) is 13.7 Å². The zero-order valence-electron chi connectivity index (χ0n) is 5.91. The van der Waals surface area contributed by atoms with Gasteiger partial charge in [-0.25, -0.2) is 0 Å². The van der Waals surface area contributed by atoms with Crippen LogP contribution in [0.2, 0.25) is 0 Å². The van der Waals surface area contributed by atoms with Crippen LogP contribution in [0.15, 0.2) is 4.99 Å². The first-order valence-electron chi connectivity index (χ1n) is 2.86. The molecule has 0 fully saturated rings. The van der Waals surface area contributed by atoms with Crippen molar-refractivity contribution in [3.05, 3.63) is 0 Å². The molecule has 0 rings (SSSR count). The van der Waals surface area contributed by atoms with E-state index in [0.717, 1.165) is 0 Å². The average molecular weight is 130 g/mol. The molecular weight excluding hydrogens is 116 g/mol. The Kier molecular flexibility index (Phi) is 4.00. The van der Waals surface area contributed by atoms with Gasteiger partial charge in [-0.05, 0) is 6.92 Å². The lowest BCUT2D eigenvalue weighted by molar-refractivity contribution is 0.531. The smallest absolute Gasteiger partial charge is 0.0958 e. The lowest BCUT2D eigenvalue weighted by atomic mass is 10.6. The quantitative estimate of drug-likeness (QED) is 0.297. The molecule has 0 heterocycles. The van der Waals surface area contributed by atoms with Crippen LogP contribution in [0.4, 0.5) is 0 Å². The molecule has 4 nitrogen and oxygen atoms in total. The molecule has 0 saturated carbocycles. The van der Waals surface area contributed by atoms with Gasteiger partial charge in [0, 0.05) is 7.05 Å². The Bertz CT molecular complexity index is 89.0. The zero-order valence-corrected chi connectivity index (χ0v) is 5.91. The third-order valence-electron chi connectivity index (χ3n) is 0.787. The summed E-state index contributed by atoms with van der Waals surface area (Å²) in [4.78, 5) is 5.65. The predicted molar refractivity (Wildman–Crippen MR) is 39.0 cm³/mol. The first-order chi connectivity index (χ1) is 4.16. The lowest BCUT2D eigenvalue weighted by Crippen LogP contribution is -2.25. The summed E-state index contributed by atoms with van der Waals surface area (Å²) in [7, 11) is 1.84. The fourth-order valence-electron chi connectivity index (χ4n) is 0.266. The van der Waals surface area contributed by atoms with Gasteiger partial charge in [-0.3, -0.25) is 4.99 Å². The molecule has 0 spiro atoms. The van der Waals surface area contributed by atoms with Gasteiger partial charge in [0.05, 0.1) is 19.2 Å². The topological polar surface area (TPSA) is 67.6 Å². The van der Waals surface area contributed by atoms with Gasteiger partial charge in [-0.1, -0.05) is 0 Å². The van der Waals surface area contributed by atoms with Crippen LogP contribution in [0, 0.1) is 0 Å². The summed E-state index contributed by atoms with van der Waals surface area (Å²) in [5.74, 6) is 0. The summed E-state index contributed by atoms with van der Waals surface area (Å²) in [6.07, 6.45) is 1.49. The van der Waals surface area contributed by atoms with E-state index in [1.165, 1.54) is 0 Å². The molecule has 0 aliphatic carbocycles. The van der Waals surface area contributed by atoms with Crippen molar-refractivity contribution in [2.45, 2.75) is 13.1 Å². The SMILES string of the molecule is CC(N)N=CN(C)CN. The van der Waals surface area contributed by atoms with Gasteiger partial charge < -0.3 is 16.4 Å². The standard InChI is InChI=1S/C5H14N4/c1-5(7)8-4-9(2)3-6/h4-5H,3,6-7H2,1-2H3. The summed E-state index contributed by atoms with van der Waals surface area (Å²) >= 11 is 0. The third-order valence-corrected chi connectivity index (χ3v) is 0.787. The van der Waals surface area contributed by atoms with Crippen molar-refractivity contribution in [1.82, 2.24) is 4.90 Å². The number of hydrogen-bond donors (Lipinski definition) is 2. The van der Waals surface area contributed by atoms with Crippen LogP contribution in [-0.4, -0.2) is 31.1 Å². The second-order valence-corrected chi connectivity index (χ2v) is 1.94. The monoisotopic (exact) mass is 130 g/mol. The molecule has 4 N–H and O–H groups in total. The average Bonchev–Trinajstić information content (AvgIpc) is 1.83. The molecule has 4 heteroatoms. The van der Waals surface area contributed by atoms with Crippen LogP contribution in [0.1, 0.15) is 6.92 Å². The molecule has 0 aliphatic heterocycles. The van der Waals surface area contributed by atoms with E-state index in [4.69, 9.17) is 11.5 Å². The molecule has 0 bridgehead atoms. The Morgan fingerprint density at radius 3 is 2.67 bits per heavy atom. The molecule has 1 atom stereocenters. The molecule has 0 radical (unpaired) electrons. The maximum atomic E-state index is 5.33. The Morgan fingerprint density at radius 1 is 1.78 bits per heavy atom. The van der Waals surface area contributed by atoms with Crippen LogP contribution in [0.25, 0.3) is 0 Å².